The van der Waals surface area contributed by atoms with Crippen molar-refractivity contribution in [2.75, 3.05) is 0 Å². The number of hydrogen-bond donors (Lipinski definition) is 0. The van der Waals surface area contributed by atoms with Crippen LogP contribution in [0.5, 0.6) is 0 Å². The van der Waals surface area contributed by atoms with Crippen molar-refractivity contribution in [2.45, 2.75) is 9.79 Å². The lowest BCUT2D eigenvalue weighted by Gasteiger charge is -2.07. The molecule has 6 heteroatoms. The lowest BCUT2D eigenvalue weighted by atomic mass is 10.1. The zero-order valence-electron chi connectivity index (χ0n) is 13.2. The quantitative estimate of drug-likeness (QED) is 0.311. The molecule has 1 aliphatic heterocycles. The third-order valence-corrected chi connectivity index (χ3v) is 6.74. The molecule has 1 aliphatic rings. The molecule has 0 N–H and O–H groups in total. The summed E-state index contributed by atoms with van der Waals surface area (Å²) in [4.78, 5) is 12.0. The summed E-state index contributed by atoms with van der Waals surface area (Å²) in [6, 6.07) is 15.2. The van der Waals surface area contributed by atoms with Gasteiger partial charge in [0, 0.05) is 38.9 Å². The lowest BCUT2D eigenvalue weighted by Crippen LogP contribution is -1.87. The summed E-state index contributed by atoms with van der Waals surface area (Å²) in [7, 11) is 0. The maximum atomic E-state index is 14.2. The first-order valence-corrected chi connectivity index (χ1v) is 9.90. The van der Waals surface area contributed by atoms with E-state index in [0.717, 1.165) is 42.1 Å². The SMILES string of the molecule is Fc1cc2c(cc1Cl)Sc1ccccc1-c1sc(-c3ccncc3)nc1-2. The molecule has 126 valence electrons. The summed E-state index contributed by atoms with van der Waals surface area (Å²) in [6.45, 7) is 0. The van der Waals surface area contributed by atoms with E-state index >= 15 is 0 Å². The second-order valence-electron chi connectivity index (χ2n) is 5.79. The lowest BCUT2D eigenvalue weighted by molar-refractivity contribution is 0.627. The topological polar surface area (TPSA) is 25.8 Å². The minimum absolute atomic E-state index is 0.127. The van der Waals surface area contributed by atoms with E-state index in [-0.39, 0.29) is 5.02 Å². The van der Waals surface area contributed by atoms with E-state index in [2.05, 4.69) is 17.1 Å². The van der Waals surface area contributed by atoms with E-state index in [1.165, 1.54) is 6.07 Å². The number of halogens is 2. The highest BCUT2D eigenvalue weighted by Crippen LogP contribution is 2.51. The van der Waals surface area contributed by atoms with Crippen molar-refractivity contribution < 1.29 is 4.39 Å². The van der Waals surface area contributed by atoms with E-state index in [4.69, 9.17) is 16.6 Å². The fourth-order valence-corrected chi connectivity index (χ4v) is 5.49. The maximum Gasteiger partial charge on any atom is 0.142 e. The van der Waals surface area contributed by atoms with E-state index < -0.39 is 5.82 Å². The van der Waals surface area contributed by atoms with Gasteiger partial charge in [0.25, 0.3) is 0 Å². The number of aromatic nitrogens is 2. The van der Waals surface area contributed by atoms with Crippen molar-refractivity contribution in [1.29, 1.82) is 0 Å². The molecule has 0 amide bonds. The molecule has 2 aromatic carbocycles. The van der Waals surface area contributed by atoms with E-state index in [1.807, 2.05) is 24.3 Å². The monoisotopic (exact) mass is 396 g/mol. The van der Waals surface area contributed by atoms with Gasteiger partial charge in [0.1, 0.15) is 10.8 Å². The smallest absolute Gasteiger partial charge is 0.142 e. The molecular formula is C20H10ClFN2S2. The second-order valence-corrected chi connectivity index (χ2v) is 8.28. The van der Waals surface area contributed by atoms with Gasteiger partial charge in [-0.2, -0.15) is 0 Å². The van der Waals surface area contributed by atoms with Crippen LogP contribution in [-0.2, 0) is 0 Å². The molecule has 2 nitrogen and oxygen atoms in total. The number of hydrogen-bond acceptors (Lipinski definition) is 4. The first kappa shape index (κ1) is 16.0. The Hall–Kier alpha value is -2.21. The van der Waals surface area contributed by atoms with Crippen LogP contribution in [0.1, 0.15) is 0 Å². The second kappa shape index (κ2) is 6.20. The summed E-state index contributed by atoms with van der Waals surface area (Å²) in [5.74, 6) is -0.429. The van der Waals surface area contributed by atoms with E-state index in [0.29, 0.717) is 0 Å². The predicted molar refractivity (Wildman–Crippen MR) is 105 cm³/mol. The molecule has 0 saturated carbocycles. The average Bonchev–Trinajstić information content (AvgIpc) is 3.06. The van der Waals surface area contributed by atoms with Crippen LogP contribution >= 0.6 is 34.7 Å². The molecule has 0 bridgehead atoms. The number of rotatable bonds is 1. The Morgan fingerprint density at radius 2 is 1.73 bits per heavy atom. The van der Waals surface area contributed by atoms with Crippen molar-refractivity contribution in [2.24, 2.45) is 0 Å². The van der Waals surface area contributed by atoms with Crippen molar-refractivity contribution in [3.63, 3.8) is 0 Å². The van der Waals surface area contributed by atoms with Crippen LogP contribution in [0.4, 0.5) is 4.39 Å². The van der Waals surface area contributed by atoms with Gasteiger partial charge in [0.05, 0.1) is 15.6 Å². The van der Waals surface area contributed by atoms with Crippen LogP contribution < -0.4 is 0 Å². The van der Waals surface area contributed by atoms with Crippen LogP contribution in [0, 0.1) is 5.82 Å². The van der Waals surface area contributed by atoms with Crippen LogP contribution in [0.2, 0.25) is 5.02 Å². The molecule has 0 unspecified atom stereocenters. The van der Waals surface area contributed by atoms with Crippen LogP contribution in [0.25, 0.3) is 32.3 Å². The normalized spacial score (nSPS) is 12.1. The Morgan fingerprint density at radius 1 is 0.923 bits per heavy atom. The zero-order valence-corrected chi connectivity index (χ0v) is 15.6. The standard InChI is InChI=1S/C20H10ClFN2S2/c21-14-10-17-13(9-15(14)22)18-19(12-3-1-2-4-16(12)25-17)26-20(24-18)11-5-7-23-8-6-11/h1-10H. The van der Waals surface area contributed by atoms with Gasteiger partial charge in [-0.05, 0) is 30.3 Å². The molecule has 0 spiro atoms. The van der Waals surface area contributed by atoms with Crippen LogP contribution in [0.3, 0.4) is 0 Å². The number of thiazole rings is 1. The van der Waals surface area contributed by atoms with Gasteiger partial charge in [0.15, 0.2) is 0 Å². The van der Waals surface area contributed by atoms with E-state index in [9.17, 15) is 4.39 Å². The fourth-order valence-electron chi connectivity index (χ4n) is 2.96. The minimum atomic E-state index is -0.429. The third kappa shape index (κ3) is 2.55. The molecule has 2 aromatic heterocycles. The molecule has 0 fully saturated rings. The average molecular weight is 397 g/mol. The first-order valence-electron chi connectivity index (χ1n) is 7.88. The number of benzene rings is 2. The molecule has 0 saturated heterocycles. The van der Waals surface area contributed by atoms with E-state index in [1.54, 1.807) is 41.6 Å². The molecule has 4 aromatic rings. The van der Waals surface area contributed by atoms with Crippen molar-refractivity contribution >= 4 is 34.7 Å². The summed E-state index contributed by atoms with van der Waals surface area (Å²) in [5, 5.41) is 1.02. The number of nitrogens with zero attached hydrogens (tertiary/aromatic N) is 2. The minimum Gasteiger partial charge on any atom is -0.265 e. The van der Waals surface area contributed by atoms with Crippen LogP contribution in [0.15, 0.2) is 70.7 Å². The van der Waals surface area contributed by atoms with Gasteiger partial charge in [0.2, 0.25) is 0 Å². The Morgan fingerprint density at radius 3 is 2.58 bits per heavy atom. The Labute approximate surface area is 162 Å². The maximum absolute atomic E-state index is 14.2. The summed E-state index contributed by atoms with van der Waals surface area (Å²) in [6.07, 6.45) is 3.50. The van der Waals surface area contributed by atoms with Gasteiger partial charge in [-0.15, -0.1) is 11.3 Å². The molecular weight excluding hydrogens is 387 g/mol. The Kier molecular flexibility index (Phi) is 3.81. The van der Waals surface area contributed by atoms with Crippen molar-refractivity contribution in [3.05, 3.63) is 71.8 Å². The highest BCUT2D eigenvalue weighted by Gasteiger charge is 2.25. The molecule has 0 atom stereocenters. The van der Waals surface area contributed by atoms with Crippen molar-refractivity contribution in [3.8, 4) is 32.3 Å². The summed E-state index contributed by atoms with van der Waals surface area (Å²) in [5.41, 5.74) is 3.68. The van der Waals surface area contributed by atoms with Gasteiger partial charge >= 0.3 is 0 Å². The van der Waals surface area contributed by atoms with Gasteiger partial charge in [-0.3, -0.25) is 4.98 Å². The van der Waals surface area contributed by atoms with Gasteiger partial charge in [-0.1, -0.05) is 41.6 Å². The Balaban J connectivity index is 1.83. The fraction of sp³-hybridized carbons (Fsp3) is 0. The largest absolute Gasteiger partial charge is 0.265 e. The summed E-state index contributed by atoms with van der Waals surface area (Å²) >= 11 is 9.25. The number of pyridine rings is 1. The van der Waals surface area contributed by atoms with Crippen molar-refractivity contribution in [1.82, 2.24) is 9.97 Å². The highest BCUT2D eigenvalue weighted by atomic mass is 35.5. The van der Waals surface area contributed by atoms with Crippen LogP contribution in [-0.4, -0.2) is 9.97 Å². The molecule has 0 radical (unpaired) electrons. The molecule has 3 heterocycles. The molecule has 26 heavy (non-hydrogen) atoms. The van der Waals surface area contributed by atoms with Gasteiger partial charge < -0.3 is 0 Å². The Bertz CT molecular complexity index is 1140. The third-order valence-electron chi connectivity index (χ3n) is 4.18. The zero-order chi connectivity index (χ0) is 17.7. The summed E-state index contributed by atoms with van der Waals surface area (Å²) < 4.78 is 14.2. The molecule has 5 rings (SSSR count). The van der Waals surface area contributed by atoms with Gasteiger partial charge in [-0.25, -0.2) is 9.37 Å². The predicted octanol–water partition coefficient (Wildman–Crippen LogP) is 6.80. The number of fused-ring (bicyclic) bond motifs is 5. The first-order chi connectivity index (χ1) is 12.7. The highest BCUT2D eigenvalue weighted by molar-refractivity contribution is 7.99. The molecule has 0 aliphatic carbocycles.